The van der Waals surface area contributed by atoms with E-state index >= 15 is 0 Å². The predicted octanol–water partition coefficient (Wildman–Crippen LogP) is 3.58. The van der Waals surface area contributed by atoms with Crippen LogP contribution in [0.4, 0.5) is 0 Å². The highest BCUT2D eigenvalue weighted by Gasteiger charge is 2.20. The first kappa shape index (κ1) is 12.7. The molecule has 0 atom stereocenters. The molecule has 2 rings (SSSR count). The molecule has 0 aliphatic carbocycles. The average molecular weight is 266 g/mol. The molecule has 0 saturated carbocycles. The first-order valence-corrected chi connectivity index (χ1v) is 7.49. The molecule has 0 unspecified atom stereocenters. The van der Waals surface area contributed by atoms with Crippen molar-refractivity contribution in [2.45, 2.75) is 32.7 Å². The Hall–Kier alpha value is -0.710. The van der Waals surface area contributed by atoms with Crippen LogP contribution in [0.5, 0.6) is 0 Å². The van der Waals surface area contributed by atoms with E-state index < -0.39 is 0 Å². The monoisotopic (exact) mass is 266 g/mol. The molecule has 0 bridgehead atoms. The number of hydrogen-bond acceptors (Lipinski definition) is 4. The summed E-state index contributed by atoms with van der Waals surface area (Å²) < 4.78 is 0. The fourth-order valence-electron chi connectivity index (χ4n) is 1.74. The second-order valence-electron chi connectivity index (χ2n) is 4.82. The Bertz CT molecular complexity index is 457. The molecule has 2 aromatic heterocycles. The van der Waals surface area contributed by atoms with Crippen molar-refractivity contribution in [1.82, 2.24) is 10.3 Å². The van der Waals surface area contributed by atoms with Crippen LogP contribution in [0, 0.1) is 6.92 Å². The number of aromatic nitrogens is 1. The van der Waals surface area contributed by atoms with E-state index in [1.54, 1.807) is 11.3 Å². The second-order valence-corrected chi connectivity index (χ2v) is 6.83. The highest BCUT2D eigenvalue weighted by atomic mass is 32.1. The quantitative estimate of drug-likeness (QED) is 0.894. The van der Waals surface area contributed by atoms with Crippen LogP contribution in [-0.2, 0) is 12.0 Å². The van der Waals surface area contributed by atoms with Crippen molar-refractivity contribution >= 4 is 22.7 Å². The lowest BCUT2D eigenvalue weighted by Gasteiger charge is -2.23. The van der Waals surface area contributed by atoms with E-state index in [1.165, 1.54) is 4.88 Å². The van der Waals surface area contributed by atoms with Gasteiger partial charge in [-0.05, 0) is 18.4 Å². The standard InChI is InChI=1S/C13H18N2S2/c1-10-15-11(8-17-10)7-14-9-13(2,3)12-5-4-6-16-12/h4-6,8,14H,7,9H2,1-3H3. The van der Waals surface area contributed by atoms with Crippen molar-refractivity contribution in [3.05, 3.63) is 38.5 Å². The fourth-order valence-corrected chi connectivity index (χ4v) is 3.21. The zero-order chi connectivity index (χ0) is 12.3. The molecule has 2 aromatic rings. The normalized spacial score (nSPS) is 11.9. The number of nitrogens with one attached hydrogen (secondary N) is 1. The van der Waals surface area contributed by atoms with Crippen molar-refractivity contribution < 1.29 is 0 Å². The Morgan fingerprint density at radius 1 is 1.35 bits per heavy atom. The van der Waals surface area contributed by atoms with Gasteiger partial charge in [-0.3, -0.25) is 0 Å². The first-order valence-electron chi connectivity index (χ1n) is 5.74. The van der Waals surface area contributed by atoms with Gasteiger partial charge in [-0.1, -0.05) is 19.9 Å². The van der Waals surface area contributed by atoms with Crippen molar-refractivity contribution in [3.8, 4) is 0 Å². The minimum absolute atomic E-state index is 0.194. The summed E-state index contributed by atoms with van der Waals surface area (Å²) in [7, 11) is 0. The zero-order valence-electron chi connectivity index (χ0n) is 10.5. The molecule has 2 heterocycles. The molecule has 17 heavy (non-hydrogen) atoms. The summed E-state index contributed by atoms with van der Waals surface area (Å²) in [5.74, 6) is 0. The summed E-state index contributed by atoms with van der Waals surface area (Å²) in [4.78, 5) is 5.88. The number of aryl methyl sites for hydroxylation is 1. The van der Waals surface area contributed by atoms with E-state index in [-0.39, 0.29) is 5.41 Å². The molecule has 0 radical (unpaired) electrons. The molecular weight excluding hydrogens is 248 g/mol. The van der Waals surface area contributed by atoms with Gasteiger partial charge in [0.15, 0.2) is 0 Å². The van der Waals surface area contributed by atoms with Gasteiger partial charge >= 0.3 is 0 Å². The smallest absolute Gasteiger partial charge is 0.0897 e. The largest absolute Gasteiger partial charge is 0.310 e. The van der Waals surface area contributed by atoms with Gasteiger partial charge in [0, 0.05) is 28.8 Å². The number of thiophene rings is 1. The van der Waals surface area contributed by atoms with Gasteiger partial charge in [-0.25, -0.2) is 4.98 Å². The number of nitrogens with zero attached hydrogens (tertiary/aromatic N) is 1. The summed E-state index contributed by atoms with van der Waals surface area (Å²) >= 11 is 3.54. The summed E-state index contributed by atoms with van der Waals surface area (Å²) in [6.07, 6.45) is 0. The van der Waals surface area contributed by atoms with Crippen LogP contribution >= 0.6 is 22.7 Å². The minimum Gasteiger partial charge on any atom is -0.310 e. The van der Waals surface area contributed by atoms with Crippen LogP contribution in [0.3, 0.4) is 0 Å². The maximum absolute atomic E-state index is 4.45. The molecule has 0 spiro atoms. The molecule has 0 amide bonds. The van der Waals surface area contributed by atoms with Crippen LogP contribution in [0.2, 0.25) is 0 Å². The van der Waals surface area contributed by atoms with Crippen molar-refractivity contribution in [2.24, 2.45) is 0 Å². The Morgan fingerprint density at radius 2 is 2.18 bits per heavy atom. The summed E-state index contributed by atoms with van der Waals surface area (Å²) in [6, 6.07) is 4.32. The van der Waals surface area contributed by atoms with Gasteiger partial charge in [0.1, 0.15) is 0 Å². The topological polar surface area (TPSA) is 24.9 Å². The van der Waals surface area contributed by atoms with E-state index in [9.17, 15) is 0 Å². The summed E-state index contributed by atoms with van der Waals surface area (Å²) in [6.45, 7) is 8.43. The summed E-state index contributed by atoms with van der Waals surface area (Å²) in [5.41, 5.74) is 1.34. The molecule has 1 N–H and O–H groups in total. The van der Waals surface area contributed by atoms with Crippen LogP contribution in [0.25, 0.3) is 0 Å². The third-order valence-corrected chi connectivity index (χ3v) is 4.79. The van der Waals surface area contributed by atoms with Gasteiger partial charge in [0.25, 0.3) is 0 Å². The van der Waals surface area contributed by atoms with Gasteiger partial charge in [0.05, 0.1) is 10.7 Å². The number of hydrogen-bond donors (Lipinski definition) is 1. The average Bonchev–Trinajstić information content (AvgIpc) is 2.89. The van der Waals surface area contributed by atoms with Gasteiger partial charge in [-0.2, -0.15) is 0 Å². The lowest BCUT2D eigenvalue weighted by Crippen LogP contribution is -2.31. The fraction of sp³-hybridized carbons (Fsp3) is 0.462. The van der Waals surface area contributed by atoms with E-state index in [2.05, 4.69) is 47.0 Å². The molecule has 0 saturated heterocycles. The molecule has 4 heteroatoms. The van der Waals surface area contributed by atoms with Crippen LogP contribution < -0.4 is 5.32 Å². The van der Waals surface area contributed by atoms with E-state index in [0.717, 1.165) is 23.8 Å². The van der Waals surface area contributed by atoms with Crippen molar-refractivity contribution in [1.29, 1.82) is 0 Å². The molecule has 0 aliphatic rings. The second kappa shape index (κ2) is 5.29. The number of thiazole rings is 1. The van der Waals surface area contributed by atoms with Gasteiger partial charge in [-0.15, -0.1) is 22.7 Å². The van der Waals surface area contributed by atoms with E-state index in [0.29, 0.717) is 0 Å². The maximum Gasteiger partial charge on any atom is 0.0897 e. The van der Waals surface area contributed by atoms with Gasteiger partial charge < -0.3 is 5.32 Å². The third-order valence-electron chi connectivity index (χ3n) is 2.73. The van der Waals surface area contributed by atoms with Crippen LogP contribution in [-0.4, -0.2) is 11.5 Å². The highest BCUT2D eigenvalue weighted by molar-refractivity contribution is 7.10. The Balaban J connectivity index is 1.86. The van der Waals surface area contributed by atoms with Crippen molar-refractivity contribution in [3.63, 3.8) is 0 Å². The maximum atomic E-state index is 4.45. The minimum atomic E-state index is 0.194. The van der Waals surface area contributed by atoms with Crippen LogP contribution in [0.1, 0.15) is 29.4 Å². The molecule has 92 valence electrons. The Kier molecular flexibility index (Phi) is 3.97. The molecule has 0 aromatic carbocycles. The van der Waals surface area contributed by atoms with Gasteiger partial charge in [0.2, 0.25) is 0 Å². The highest BCUT2D eigenvalue weighted by Crippen LogP contribution is 2.26. The molecule has 0 fully saturated rings. The SMILES string of the molecule is Cc1nc(CNCC(C)(C)c2cccs2)cs1. The zero-order valence-corrected chi connectivity index (χ0v) is 12.1. The third kappa shape index (κ3) is 3.37. The number of rotatable bonds is 5. The summed E-state index contributed by atoms with van der Waals surface area (Å²) in [5, 5.41) is 8.90. The van der Waals surface area contributed by atoms with Crippen molar-refractivity contribution in [2.75, 3.05) is 6.54 Å². The van der Waals surface area contributed by atoms with E-state index in [4.69, 9.17) is 0 Å². The Labute approximate surface area is 111 Å². The van der Waals surface area contributed by atoms with E-state index in [1.807, 2.05) is 18.3 Å². The predicted molar refractivity (Wildman–Crippen MR) is 75.9 cm³/mol. The first-order chi connectivity index (χ1) is 8.08. The lowest BCUT2D eigenvalue weighted by atomic mass is 9.91. The molecule has 2 nitrogen and oxygen atoms in total. The Morgan fingerprint density at radius 3 is 2.76 bits per heavy atom. The molecular formula is C13H18N2S2. The van der Waals surface area contributed by atoms with Crippen LogP contribution in [0.15, 0.2) is 22.9 Å². The lowest BCUT2D eigenvalue weighted by molar-refractivity contribution is 0.475. The molecule has 0 aliphatic heterocycles.